The van der Waals surface area contributed by atoms with Gasteiger partial charge in [-0.2, -0.15) is 4.31 Å². The van der Waals surface area contributed by atoms with Crippen molar-refractivity contribution < 1.29 is 21.6 Å². The first-order valence-corrected chi connectivity index (χ1v) is 11.4. The molecule has 0 spiro atoms. The van der Waals surface area contributed by atoms with Gasteiger partial charge >= 0.3 is 0 Å². The van der Waals surface area contributed by atoms with Gasteiger partial charge < -0.3 is 10.1 Å². The van der Waals surface area contributed by atoms with E-state index in [2.05, 4.69) is 5.32 Å². The normalized spacial score (nSPS) is 20.0. The number of thiophene rings is 1. The van der Waals surface area contributed by atoms with Gasteiger partial charge in [0.1, 0.15) is 8.42 Å². The maximum Gasteiger partial charge on any atom is 0.252 e. The summed E-state index contributed by atoms with van der Waals surface area (Å²) < 4.78 is 55.1. The molecule has 1 unspecified atom stereocenters. The fourth-order valence-electron chi connectivity index (χ4n) is 2.56. The average molecular weight is 434 g/mol. The second-order valence-corrected chi connectivity index (χ2v) is 10.5. The summed E-state index contributed by atoms with van der Waals surface area (Å²) in [5.74, 6) is 0. The zero-order valence-corrected chi connectivity index (χ0v) is 17.4. The molecule has 1 aliphatic heterocycles. The molecule has 0 fully saturated rings. The number of sulfonamides is 2. The number of nitrogens with one attached hydrogen (secondary N) is 1. The number of nitrogens with two attached hydrogens (primary N) is 1. The van der Waals surface area contributed by atoms with Crippen LogP contribution in [-0.4, -0.2) is 54.5 Å². The highest BCUT2D eigenvalue weighted by molar-refractivity contribution is 7.94. The van der Waals surface area contributed by atoms with Crippen LogP contribution in [0.5, 0.6) is 0 Å². The maximum absolute atomic E-state index is 12.8. The van der Waals surface area contributed by atoms with Crippen molar-refractivity contribution in [2.75, 3.05) is 33.4 Å². The van der Waals surface area contributed by atoms with E-state index in [0.29, 0.717) is 43.0 Å². The Morgan fingerprint density at radius 1 is 1.48 bits per heavy atom. The fourth-order valence-corrected chi connectivity index (χ4v) is 6.86. The van der Waals surface area contributed by atoms with Crippen LogP contribution < -0.4 is 10.5 Å². The van der Waals surface area contributed by atoms with E-state index in [1.54, 1.807) is 7.11 Å². The van der Waals surface area contributed by atoms with Crippen LogP contribution in [0.2, 0.25) is 0 Å². The molecule has 0 bridgehead atoms. The Kier molecular flexibility index (Phi) is 8.28. The Bertz CT molecular complexity index is 779. The molecule has 0 radical (unpaired) electrons. The van der Waals surface area contributed by atoms with Gasteiger partial charge in [-0.15, -0.1) is 23.7 Å². The molecular formula is C13H24ClN3O5S3. The van der Waals surface area contributed by atoms with Crippen LogP contribution in [-0.2, 0) is 24.8 Å². The lowest BCUT2D eigenvalue weighted by atomic mass is 10.1. The van der Waals surface area contributed by atoms with Crippen LogP contribution in [0.3, 0.4) is 0 Å². The molecule has 3 N–H and O–H groups in total. The molecule has 1 aromatic rings. The maximum atomic E-state index is 12.8. The minimum atomic E-state index is -3.94. The van der Waals surface area contributed by atoms with Gasteiger partial charge in [0, 0.05) is 38.4 Å². The summed E-state index contributed by atoms with van der Waals surface area (Å²) in [5, 5.41) is 8.46. The number of hydrogen-bond acceptors (Lipinski definition) is 7. The Morgan fingerprint density at radius 2 is 2.16 bits per heavy atom. The number of nitrogens with zero attached hydrogens (tertiary/aromatic N) is 1. The SMILES string of the molecule is CCCNC1CN(CCCOC)S(=O)(=O)c2sc(S(N)(=O)=O)cc21.Cl. The van der Waals surface area contributed by atoms with Gasteiger partial charge in [-0.3, -0.25) is 0 Å². The van der Waals surface area contributed by atoms with Crippen molar-refractivity contribution in [3.05, 3.63) is 11.6 Å². The van der Waals surface area contributed by atoms with Crippen LogP contribution in [0.4, 0.5) is 0 Å². The quantitative estimate of drug-likeness (QED) is 0.588. The minimum absolute atomic E-state index is 0. The summed E-state index contributed by atoms with van der Waals surface area (Å²) in [6.45, 7) is 3.75. The molecule has 1 aliphatic rings. The Balaban J connectivity index is 0.00000312. The molecule has 8 nitrogen and oxygen atoms in total. The monoisotopic (exact) mass is 433 g/mol. The Labute approximate surface area is 159 Å². The zero-order chi connectivity index (χ0) is 18.0. The average Bonchev–Trinajstić information content (AvgIpc) is 2.95. The standard InChI is InChI=1S/C13H23N3O5S3.ClH/c1-3-5-15-11-9-16(6-4-7-21-2)24(19,20)13-10(11)8-12(22-13)23(14,17)18;/h8,11,15H,3-7,9H2,1-2H3,(H2,14,17,18);1H. The number of ether oxygens (including phenoxy) is 1. The van der Waals surface area contributed by atoms with E-state index in [9.17, 15) is 16.8 Å². The number of halogens is 1. The Hall–Kier alpha value is -0.270. The summed E-state index contributed by atoms with van der Waals surface area (Å²) in [7, 11) is -6.10. The third-order valence-corrected chi connectivity index (χ3v) is 8.68. The molecule has 25 heavy (non-hydrogen) atoms. The van der Waals surface area contributed by atoms with Crippen LogP contribution in [0.15, 0.2) is 14.5 Å². The van der Waals surface area contributed by atoms with Gasteiger partial charge in [-0.25, -0.2) is 22.0 Å². The van der Waals surface area contributed by atoms with E-state index >= 15 is 0 Å². The molecule has 0 saturated heterocycles. The highest BCUT2D eigenvalue weighted by Gasteiger charge is 2.39. The molecule has 1 atom stereocenters. The van der Waals surface area contributed by atoms with Gasteiger partial charge in [-0.05, 0) is 25.5 Å². The second kappa shape index (κ2) is 9.09. The van der Waals surface area contributed by atoms with E-state index in [1.807, 2.05) is 6.92 Å². The lowest BCUT2D eigenvalue weighted by Crippen LogP contribution is -2.44. The molecule has 0 aromatic carbocycles. The largest absolute Gasteiger partial charge is 0.385 e. The van der Waals surface area contributed by atoms with Crippen LogP contribution in [0.1, 0.15) is 31.4 Å². The molecule has 0 aliphatic carbocycles. The van der Waals surface area contributed by atoms with E-state index < -0.39 is 20.0 Å². The van der Waals surface area contributed by atoms with Gasteiger partial charge in [0.2, 0.25) is 10.0 Å². The highest BCUT2D eigenvalue weighted by Crippen LogP contribution is 2.39. The lowest BCUT2D eigenvalue weighted by Gasteiger charge is -2.32. The number of hydrogen-bond donors (Lipinski definition) is 2. The number of methoxy groups -OCH3 is 1. The molecule has 0 saturated carbocycles. The predicted molar refractivity (Wildman–Crippen MR) is 99.2 cm³/mol. The fraction of sp³-hybridized carbons (Fsp3) is 0.692. The van der Waals surface area contributed by atoms with Gasteiger partial charge in [-0.1, -0.05) is 6.92 Å². The molecule has 2 rings (SSSR count). The van der Waals surface area contributed by atoms with Crippen molar-refractivity contribution in [3.8, 4) is 0 Å². The van der Waals surface area contributed by atoms with Crippen molar-refractivity contribution >= 4 is 43.8 Å². The van der Waals surface area contributed by atoms with Crippen molar-refractivity contribution in [1.82, 2.24) is 9.62 Å². The van der Waals surface area contributed by atoms with Crippen molar-refractivity contribution in [3.63, 3.8) is 0 Å². The smallest absolute Gasteiger partial charge is 0.252 e. The van der Waals surface area contributed by atoms with E-state index in [1.165, 1.54) is 10.4 Å². The van der Waals surface area contributed by atoms with E-state index in [-0.39, 0.29) is 33.4 Å². The third-order valence-electron chi connectivity index (χ3n) is 3.72. The second-order valence-electron chi connectivity index (χ2n) is 5.57. The van der Waals surface area contributed by atoms with E-state index in [4.69, 9.17) is 9.88 Å². The van der Waals surface area contributed by atoms with Gasteiger partial charge in [0.25, 0.3) is 10.0 Å². The topological polar surface area (TPSA) is 119 Å². The molecule has 2 heterocycles. The van der Waals surface area contributed by atoms with Gasteiger partial charge in [0.05, 0.1) is 0 Å². The Morgan fingerprint density at radius 3 is 2.72 bits per heavy atom. The molecule has 146 valence electrons. The summed E-state index contributed by atoms with van der Waals surface area (Å²) in [5.41, 5.74) is 0.487. The first-order chi connectivity index (χ1) is 11.2. The first kappa shape index (κ1) is 22.8. The van der Waals surface area contributed by atoms with Gasteiger partial charge in [0.15, 0.2) is 0 Å². The number of primary sulfonamides is 1. The summed E-state index contributed by atoms with van der Waals surface area (Å²) in [6.07, 6.45) is 1.45. The number of rotatable bonds is 8. The summed E-state index contributed by atoms with van der Waals surface area (Å²) >= 11 is 0.716. The van der Waals surface area contributed by atoms with Crippen molar-refractivity contribution in [2.24, 2.45) is 5.14 Å². The highest BCUT2D eigenvalue weighted by atomic mass is 35.5. The minimum Gasteiger partial charge on any atom is -0.385 e. The van der Waals surface area contributed by atoms with Crippen LogP contribution >= 0.6 is 23.7 Å². The molecule has 0 amide bonds. The molecule has 1 aromatic heterocycles. The molecular weight excluding hydrogens is 410 g/mol. The predicted octanol–water partition coefficient (Wildman–Crippen LogP) is 0.899. The van der Waals surface area contributed by atoms with Crippen molar-refractivity contribution in [1.29, 1.82) is 0 Å². The van der Waals surface area contributed by atoms with Crippen LogP contribution in [0.25, 0.3) is 0 Å². The summed E-state index contributed by atoms with van der Waals surface area (Å²) in [6, 6.07) is 1.13. The zero-order valence-electron chi connectivity index (χ0n) is 14.1. The summed E-state index contributed by atoms with van der Waals surface area (Å²) in [4.78, 5) is 0. The lowest BCUT2D eigenvalue weighted by molar-refractivity contribution is 0.185. The van der Waals surface area contributed by atoms with Crippen LogP contribution in [0, 0.1) is 0 Å². The first-order valence-electron chi connectivity index (χ1n) is 7.60. The van der Waals surface area contributed by atoms with E-state index in [0.717, 1.165) is 6.42 Å². The molecule has 12 heteroatoms. The number of fused-ring (bicyclic) bond motifs is 1. The third kappa shape index (κ3) is 5.13. The van der Waals surface area contributed by atoms with Crippen molar-refractivity contribution in [2.45, 2.75) is 34.2 Å².